The van der Waals surface area contributed by atoms with Gasteiger partial charge in [0.25, 0.3) is 5.22 Å². The smallest absolute Gasteiger partial charge is 0.277 e. The molecule has 1 saturated carbocycles. The number of carbonyl (C=O) groups excluding carboxylic acids is 1. The van der Waals surface area contributed by atoms with Gasteiger partial charge in [-0.25, -0.2) is 4.39 Å². The number of hydrogen-bond donors (Lipinski definition) is 0. The maximum atomic E-state index is 13.5. The number of rotatable bonds is 6. The average Bonchev–Trinajstić information content (AvgIpc) is 3.23. The van der Waals surface area contributed by atoms with Crippen LogP contribution in [0.25, 0.3) is 0 Å². The topological polar surface area (TPSA) is 65.2 Å². The number of benzene rings is 1. The second-order valence-electron chi connectivity index (χ2n) is 4.74. The first-order valence-electron chi connectivity index (χ1n) is 6.50. The zero-order valence-corrected chi connectivity index (χ0v) is 12.2. The quantitative estimate of drug-likeness (QED) is 0.603. The van der Waals surface area contributed by atoms with Crippen LogP contribution >= 0.6 is 11.8 Å². The molecule has 1 aliphatic rings. The summed E-state index contributed by atoms with van der Waals surface area (Å²) in [6.45, 7) is 0. The van der Waals surface area contributed by atoms with Crippen LogP contribution in [0.5, 0.6) is 5.75 Å². The largest absolute Gasteiger partial charge is 0.494 e. The molecule has 21 heavy (non-hydrogen) atoms. The van der Waals surface area contributed by atoms with Crippen LogP contribution < -0.4 is 4.74 Å². The monoisotopic (exact) mass is 308 g/mol. The number of ketones is 1. The molecule has 0 unspecified atom stereocenters. The predicted octanol–water partition coefficient (Wildman–Crippen LogP) is 3.07. The van der Waals surface area contributed by atoms with Crippen molar-refractivity contribution in [1.82, 2.24) is 10.2 Å². The van der Waals surface area contributed by atoms with Crippen LogP contribution in [0.3, 0.4) is 0 Å². The van der Waals surface area contributed by atoms with Gasteiger partial charge in [-0.1, -0.05) is 11.8 Å². The highest BCUT2D eigenvalue weighted by molar-refractivity contribution is 7.99. The number of ether oxygens (including phenoxy) is 1. The standard InChI is InChI=1S/C14H13FN2O3S/c1-19-12-5-4-9(6-10(12)15)11(18)7-21-14-17-16-13(20-14)8-2-3-8/h4-6,8H,2-3,7H2,1H3. The number of nitrogens with zero attached hydrogens (tertiary/aromatic N) is 2. The Balaban J connectivity index is 1.61. The van der Waals surface area contributed by atoms with Crippen LogP contribution in [0.4, 0.5) is 4.39 Å². The van der Waals surface area contributed by atoms with E-state index in [0.717, 1.165) is 24.6 Å². The van der Waals surface area contributed by atoms with Crippen LogP contribution in [-0.2, 0) is 0 Å². The summed E-state index contributed by atoms with van der Waals surface area (Å²) in [6.07, 6.45) is 2.16. The Morgan fingerprint density at radius 1 is 1.48 bits per heavy atom. The number of aromatic nitrogens is 2. The van der Waals surface area contributed by atoms with Crippen molar-refractivity contribution in [3.8, 4) is 5.75 Å². The summed E-state index contributed by atoms with van der Waals surface area (Å²) >= 11 is 1.16. The molecule has 0 radical (unpaired) electrons. The minimum absolute atomic E-state index is 0.116. The van der Waals surface area contributed by atoms with Crippen LogP contribution in [0.1, 0.15) is 35.0 Å². The van der Waals surface area contributed by atoms with Gasteiger partial charge in [0.05, 0.1) is 12.9 Å². The predicted molar refractivity (Wildman–Crippen MR) is 74.3 cm³/mol. The molecule has 0 aliphatic heterocycles. The first kappa shape index (κ1) is 14.1. The van der Waals surface area contributed by atoms with Crippen molar-refractivity contribution in [3.05, 3.63) is 35.5 Å². The molecule has 5 nitrogen and oxygen atoms in total. The molecule has 1 heterocycles. The molecular formula is C14H13FN2O3S. The Labute approximate surface area is 124 Å². The van der Waals surface area contributed by atoms with Gasteiger partial charge >= 0.3 is 0 Å². The van der Waals surface area contributed by atoms with E-state index in [1.54, 1.807) is 0 Å². The van der Waals surface area contributed by atoms with Gasteiger partial charge in [-0.15, -0.1) is 10.2 Å². The average molecular weight is 308 g/mol. The van der Waals surface area contributed by atoms with Crippen LogP contribution in [0, 0.1) is 5.82 Å². The number of halogens is 1. The minimum Gasteiger partial charge on any atom is -0.494 e. The lowest BCUT2D eigenvalue weighted by Crippen LogP contribution is -2.03. The number of hydrogen-bond acceptors (Lipinski definition) is 6. The summed E-state index contributed by atoms with van der Waals surface area (Å²) < 4.78 is 23.8. The summed E-state index contributed by atoms with van der Waals surface area (Å²) in [5.74, 6) is 0.511. The summed E-state index contributed by atoms with van der Waals surface area (Å²) in [6, 6.07) is 4.14. The van der Waals surface area contributed by atoms with Crippen molar-refractivity contribution < 1.29 is 18.3 Å². The molecule has 3 rings (SSSR count). The van der Waals surface area contributed by atoms with Gasteiger partial charge in [-0.2, -0.15) is 0 Å². The van der Waals surface area contributed by atoms with Crippen LogP contribution in [0.2, 0.25) is 0 Å². The molecule has 0 bridgehead atoms. The Bertz CT molecular complexity index is 670. The van der Waals surface area contributed by atoms with Crippen molar-refractivity contribution in [1.29, 1.82) is 0 Å². The fourth-order valence-corrected chi connectivity index (χ4v) is 2.49. The first-order chi connectivity index (χ1) is 10.2. The SMILES string of the molecule is COc1ccc(C(=O)CSc2nnc(C3CC3)o2)cc1F. The van der Waals surface area contributed by atoms with Gasteiger partial charge in [0, 0.05) is 11.5 Å². The highest BCUT2D eigenvalue weighted by Gasteiger charge is 2.29. The van der Waals surface area contributed by atoms with Gasteiger partial charge < -0.3 is 9.15 Å². The lowest BCUT2D eigenvalue weighted by atomic mass is 10.1. The molecule has 2 aromatic rings. The third-order valence-corrected chi connectivity index (χ3v) is 3.97. The van der Waals surface area contributed by atoms with E-state index in [1.165, 1.54) is 25.3 Å². The van der Waals surface area contributed by atoms with Gasteiger partial charge in [-0.3, -0.25) is 4.79 Å². The summed E-state index contributed by atoms with van der Waals surface area (Å²) in [5, 5.41) is 8.20. The van der Waals surface area contributed by atoms with Crippen molar-refractivity contribution in [2.45, 2.75) is 24.0 Å². The Morgan fingerprint density at radius 2 is 2.29 bits per heavy atom. The Hall–Kier alpha value is -1.89. The van der Waals surface area contributed by atoms with E-state index in [4.69, 9.17) is 9.15 Å². The summed E-state index contributed by atoms with van der Waals surface area (Å²) in [4.78, 5) is 12.0. The molecule has 1 aromatic carbocycles. The van der Waals surface area contributed by atoms with Gasteiger partial charge in [0.1, 0.15) is 0 Å². The molecule has 7 heteroatoms. The number of Topliss-reactive ketones (excluding diaryl/α,β-unsaturated/α-hetero) is 1. The molecule has 0 atom stereocenters. The minimum atomic E-state index is -0.554. The zero-order valence-electron chi connectivity index (χ0n) is 11.3. The van der Waals surface area contributed by atoms with Crippen LogP contribution in [0.15, 0.2) is 27.8 Å². The highest BCUT2D eigenvalue weighted by atomic mass is 32.2. The zero-order chi connectivity index (χ0) is 14.8. The Kier molecular flexibility index (Phi) is 3.92. The molecule has 0 amide bonds. The summed E-state index contributed by atoms with van der Waals surface area (Å²) in [5.41, 5.74) is 0.294. The molecular weight excluding hydrogens is 295 g/mol. The Morgan fingerprint density at radius 3 is 2.95 bits per heavy atom. The van der Waals surface area contributed by atoms with E-state index < -0.39 is 5.82 Å². The first-order valence-corrected chi connectivity index (χ1v) is 7.49. The third-order valence-electron chi connectivity index (χ3n) is 3.15. The lowest BCUT2D eigenvalue weighted by Gasteiger charge is -2.03. The normalized spacial score (nSPS) is 14.2. The molecule has 1 aromatic heterocycles. The van der Waals surface area contributed by atoms with Gasteiger partial charge in [0.15, 0.2) is 17.3 Å². The maximum Gasteiger partial charge on any atom is 0.277 e. The molecule has 110 valence electrons. The molecule has 1 aliphatic carbocycles. The van der Waals surface area contributed by atoms with Gasteiger partial charge in [-0.05, 0) is 31.0 Å². The molecule has 0 saturated heterocycles. The second-order valence-corrected chi connectivity index (χ2v) is 5.67. The number of thioether (sulfide) groups is 1. The second kappa shape index (κ2) is 5.85. The third kappa shape index (κ3) is 3.24. The van der Waals surface area contributed by atoms with Gasteiger partial charge in [0.2, 0.25) is 5.89 Å². The molecule has 1 fully saturated rings. The molecule has 0 spiro atoms. The summed E-state index contributed by atoms with van der Waals surface area (Å²) in [7, 11) is 1.38. The number of methoxy groups -OCH3 is 1. The van der Waals surface area contributed by atoms with Crippen molar-refractivity contribution in [3.63, 3.8) is 0 Å². The van der Waals surface area contributed by atoms with Crippen molar-refractivity contribution in [2.24, 2.45) is 0 Å². The van der Waals surface area contributed by atoms with E-state index in [9.17, 15) is 9.18 Å². The van der Waals surface area contributed by atoms with E-state index in [0.29, 0.717) is 22.6 Å². The number of carbonyl (C=O) groups is 1. The highest BCUT2D eigenvalue weighted by Crippen LogP contribution is 2.39. The fraction of sp³-hybridized carbons (Fsp3) is 0.357. The fourth-order valence-electron chi connectivity index (χ4n) is 1.82. The van der Waals surface area contributed by atoms with Crippen molar-refractivity contribution in [2.75, 3.05) is 12.9 Å². The van der Waals surface area contributed by atoms with E-state index in [-0.39, 0.29) is 17.3 Å². The van der Waals surface area contributed by atoms with Crippen LogP contribution in [-0.4, -0.2) is 28.8 Å². The lowest BCUT2D eigenvalue weighted by molar-refractivity contribution is 0.102. The molecule has 0 N–H and O–H groups in total. The van der Waals surface area contributed by atoms with E-state index in [1.807, 2.05) is 0 Å². The maximum absolute atomic E-state index is 13.5. The van der Waals surface area contributed by atoms with Crippen molar-refractivity contribution >= 4 is 17.5 Å². The van der Waals surface area contributed by atoms with E-state index >= 15 is 0 Å². The van der Waals surface area contributed by atoms with E-state index in [2.05, 4.69) is 10.2 Å².